The zero-order chi connectivity index (χ0) is 24.6. The molecule has 34 heavy (non-hydrogen) atoms. The average Bonchev–Trinajstić information content (AvgIpc) is 3.21. The van der Waals surface area contributed by atoms with E-state index < -0.39 is 6.10 Å². The Labute approximate surface area is 198 Å². The van der Waals surface area contributed by atoms with E-state index in [1.165, 1.54) is 12.1 Å². The third-order valence-electron chi connectivity index (χ3n) is 6.14. The van der Waals surface area contributed by atoms with Gasteiger partial charge in [0.25, 0.3) is 5.91 Å². The summed E-state index contributed by atoms with van der Waals surface area (Å²) in [5.74, 6) is -0.496. The largest absolute Gasteiger partial charge is 0.393 e. The molecule has 0 bridgehead atoms. The number of fused-ring (bicyclic) bond motifs is 1. The minimum atomic E-state index is -0.695. The van der Waals surface area contributed by atoms with Gasteiger partial charge in [-0.05, 0) is 50.1 Å². The number of hydrogen-bond acceptors (Lipinski definition) is 5. The molecule has 1 fully saturated rings. The highest BCUT2D eigenvalue weighted by Crippen LogP contribution is 2.26. The third kappa shape index (κ3) is 4.79. The second kappa shape index (κ2) is 9.50. The van der Waals surface area contributed by atoms with Crippen molar-refractivity contribution in [3.05, 3.63) is 53.6 Å². The van der Waals surface area contributed by atoms with Gasteiger partial charge >= 0.3 is 0 Å². The van der Waals surface area contributed by atoms with Crippen molar-refractivity contribution in [2.45, 2.75) is 52.2 Å². The van der Waals surface area contributed by atoms with Gasteiger partial charge in [-0.25, -0.2) is 13.9 Å². The lowest BCUT2D eigenvalue weighted by Gasteiger charge is -2.39. The van der Waals surface area contributed by atoms with Gasteiger partial charge in [-0.15, -0.1) is 0 Å². The van der Waals surface area contributed by atoms with Gasteiger partial charge in [0.2, 0.25) is 5.91 Å². The lowest BCUT2D eigenvalue weighted by Crippen LogP contribution is -2.55. The zero-order valence-corrected chi connectivity index (χ0v) is 19.9. The molecule has 2 amide bonds. The number of rotatable bonds is 5. The van der Waals surface area contributed by atoms with Crippen molar-refractivity contribution < 1.29 is 19.1 Å². The van der Waals surface area contributed by atoms with Gasteiger partial charge in [0.05, 0.1) is 24.4 Å². The molecule has 4 rings (SSSR count). The summed E-state index contributed by atoms with van der Waals surface area (Å²) in [5, 5.41) is 14.1. The molecular weight excluding hydrogens is 437 g/mol. The highest BCUT2D eigenvalue weighted by Gasteiger charge is 2.31. The fourth-order valence-corrected chi connectivity index (χ4v) is 4.34. The Bertz CT molecular complexity index is 1210. The number of carbonyl (C=O) groups is 2. The molecule has 1 saturated heterocycles. The first kappa shape index (κ1) is 23.8. The van der Waals surface area contributed by atoms with Crippen LogP contribution in [0.3, 0.4) is 0 Å². The molecule has 2 aromatic heterocycles. The van der Waals surface area contributed by atoms with Crippen LogP contribution in [0.25, 0.3) is 16.9 Å². The van der Waals surface area contributed by atoms with Crippen molar-refractivity contribution in [3.8, 4) is 11.3 Å². The number of aromatic nitrogens is 3. The molecule has 0 spiro atoms. The Hall–Kier alpha value is -3.33. The van der Waals surface area contributed by atoms with Crippen LogP contribution in [0.15, 0.2) is 36.5 Å². The number of hydrogen-bond donors (Lipinski definition) is 1. The highest BCUT2D eigenvalue weighted by molar-refractivity contribution is 5.93. The first-order chi connectivity index (χ1) is 16.1. The summed E-state index contributed by atoms with van der Waals surface area (Å²) in [5.41, 5.74) is 3.30. The van der Waals surface area contributed by atoms with E-state index in [-0.39, 0.29) is 36.0 Å². The van der Waals surface area contributed by atoms with Crippen molar-refractivity contribution in [2.75, 3.05) is 19.6 Å². The van der Waals surface area contributed by atoms with E-state index in [1.54, 1.807) is 39.6 Å². The maximum absolute atomic E-state index is 13.4. The van der Waals surface area contributed by atoms with Crippen molar-refractivity contribution >= 4 is 17.5 Å². The van der Waals surface area contributed by atoms with Gasteiger partial charge in [0.15, 0.2) is 5.65 Å². The lowest BCUT2D eigenvalue weighted by molar-refractivity contribution is -0.137. The molecule has 1 aromatic carbocycles. The standard InChI is InChI=1S/C25H30FN5O3/c1-15(2)20-12-21(18-5-7-19(26)8-6-18)28-31-14-22(27-24(20)31)25(34)29-9-10-30(16(3)13-29)23(33)11-17(4)32/h5-8,12,14-17,32H,9-11,13H2,1-4H3. The normalized spacial score (nSPS) is 17.4. The number of piperazine rings is 1. The van der Waals surface area contributed by atoms with E-state index in [4.69, 9.17) is 0 Å². The second-order valence-electron chi connectivity index (χ2n) is 9.28. The molecule has 2 unspecified atom stereocenters. The Kier molecular flexibility index (Phi) is 6.65. The Balaban J connectivity index is 1.60. The molecular formula is C25H30FN5O3. The van der Waals surface area contributed by atoms with Crippen molar-refractivity contribution in [3.63, 3.8) is 0 Å². The van der Waals surface area contributed by atoms with Gasteiger partial charge in [-0.3, -0.25) is 9.59 Å². The Morgan fingerprint density at radius 2 is 1.88 bits per heavy atom. The molecule has 2 atom stereocenters. The van der Waals surface area contributed by atoms with Crippen LogP contribution in [0, 0.1) is 5.82 Å². The molecule has 1 aliphatic heterocycles. The van der Waals surface area contributed by atoms with E-state index in [0.717, 1.165) is 11.1 Å². The van der Waals surface area contributed by atoms with Gasteiger partial charge in [0.1, 0.15) is 11.5 Å². The van der Waals surface area contributed by atoms with E-state index in [0.29, 0.717) is 36.7 Å². The van der Waals surface area contributed by atoms with Crippen LogP contribution in [0.5, 0.6) is 0 Å². The number of halogens is 1. The summed E-state index contributed by atoms with van der Waals surface area (Å²) >= 11 is 0. The second-order valence-corrected chi connectivity index (χ2v) is 9.28. The first-order valence-corrected chi connectivity index (χ1v) is 11.6. The number of benzene rings is 1. The SMILES string of the molecule is CC(O)CC(=O)N1CCN(C(=O)c2cn3nc(-c4ccc(F)cc4)cc(C(C)C)c3n2)CC1C. The van der Waals surface area contributed by atoms with E-state index >= 15 is 0 Å². The molecule has 0 radical (unpaired) electrons. The predicted molar refractivity (Wildman–Crippen MR) is 126 cm³/mol. The zero-order valence-electron chi connectivity index (χ0n) is 19.9. The van der Waals surface area contributed by atoms with Gasteiger partial charge in [0, 0.05) is 36.8 Å². The van der Waals surface area contributed by atoms with Crippen LogP contribution in [0.2, 0.25) is 0 Å². The molecule has 3 aromatic rings. The molecule has 0 aliphatic carbocycles. The Morgan fingerprint density at radius 3 is 2.50 bits per heavy atom. The van der Waals surface area contributed by atoms with Crippen LogP contribution >= 0.6 is 0 Å². The summed E-state index contributed by atoms with van der Waals surface area (Å²) < 4.78 is 15.0. The fraction of sp³-hybridized carbons (Fsp3) is 0.440. The number of carbonyl (C=O) groups excluding carboxylic acids is 2. The molecule has 3 heterocycles. The average molecular weight is 468 g/mol. The maximum Gasteiger partial charge on any atom is 0.274 e. The fourth-order valence-electron chi connectivity index (χ4n) is 4.34. The highest BCUT2D eigenvalue weighted by atomic mass is 19.1. The summed E-state index contributed by atoms with van der Waals surface area (Å²) in [4.78, 5) is 33.7. The van der Waals surface area contributed by atoms with Gasteiger partial charge < -0.3 is 14.9 Å². The number of amides is 2. The van der Waals surface area contributed by atoms with Crippen molar-refractivity contribution in [2.24, 2.45) is 0 Å². The molecule has 1 aliphatic rings. The summed E-state index contributed by atoms with van der Waals surface area (Å²) in [6, 6.07) is 7.92. The monoisotopic (exact) mass is 467 g/mol. The molecule has 1 N–H and O–H groups in total. The number of aliphatic hydroxyl groups is 1. The van der Waals surface area contributed by atoms with Crippen LogP contribution in [0.1, 0.15) is 56.1 Å². The molecule has 9 heteroatoms. The van der Waals surface area contributed by atoms with Crippen LogP contribution in [-0.4, -0.2) is 73.1 Å². The third-order valence-corrected chi connectivity index (χ3v) is 6.14. The quantitative estimate of drug-likeness (QED) is 0.623. The van der Waals surface area contributed by atoms with Crippen LogP contribution in [-0.2, 0) is 4.79 Å². The van der Waals surface area contributed by atoms with Crippen LogP contribution in [0.4, 0.5) is 4.39 Å². The minimum Gasteiger partial charge on any atom is -0.393 e. The maximum atomic E-state index is 13.4. The first-order valence-electron chi connectivity index (χ1n) is 11.6. The van der Waals surface area contributed by atoms with Crippen molar-refractivity contribution in [1.82, 2.24) is 24.4 Å². The lowest BCUT2D eigenvalue weighted by atomic mass is 10.0. The van der Waals surface area contributed by atoms with E-state index in [1.807, 2.05) is 26.8 Å². The number of nitrogens with zero attached hydrogens (tertiary/aromatic N) is 5. The molecule has 8 nitrogen and oxygen atoms in total. The molecule has 180 valence electrons. The van der Waals surface area contributed by atoms with Gasteiger partial charge in [-0.2, -0.15) is 5.10 Å². The number of aliphatic hydroxyl groups excluding tert-OH is 1. The van der Waals surface area contributed by atoms with Crippen LogP contribution < -0.4 is 0 Å². The summed E-state index contributed by atoms with van der Waals surface area (Å²) in [6.45, 7) is 8.78. The minimum absolute atomic E-state index is 0.0742. The summed E-state index contributed by atoms with van der Waals surface area (Å²) in [6.07, 6.45) is 1.01. The summed E-state index contributed by atoms with van der Waals surface area (Å²) in [7, 11) is 0. The van der Waals surface area contributed by atoms with E-state index in [2.05, 4.69) is 10.1 Å². The predicted octanol–water partition coefficient (Wildman–Crippen LogP) is 3.10. The Morgan fingerprint density at radius 1 is 1.18 bits per heavy atom. The van der Waals surface area contributed by atoms with Gasteiger partial charge in [-0.1, -0.05) is 13.8 Å². The number of imidazole rings is 1. The molecule has 0 saturated carbocycles. The van der Waals surface area contributed by atoms with E-state index in [9.17, 15) is 19.1 Å². The van der Waals surface area contributed by atoms with Crippen molar-refractivity contribution in [1.29, 1.82) is 0 Å². The smallest absolute Gasteiger partial charge is 0.274 e. The topological polar surface area (TPSA) is 91.0 Å².